The normalized spacial score (nSPS) is 49.8. The highest BCUT2D eigenvalue weighted by atomic mass is 16.2. The number of rotatable bonds is 0. The van der Waals surface area contributed by atoms with Gasteiger partial charge in [0.1, 0.15) is 0 Å². The summed E-state index contributed by atoms with van der Waals surface area (Å²) in [6.45, 7) is 2.10. The summed E-state index contributed by atoms with van der Waals surface area (Å²) in [5.41, 5.74) is 0. The van der Waals surface area contributed by atoms with Crippen molar-refractivity contribution >= 4 is 11.8 Å². The molecule has 22 heavy (non-hydrogen) atoms. The van der Waals surface area contributed by atoms with Crippen LogP contribution in [0.2, 0.25) is 0 Å². The summed E-state index contributed by atoms with van der Waals surface area (Å²) in [4.78, 5) is 24.9. The molecule has 0 N–H and O–H groups in total. The molecule has 6 rings (SSSR count). The van der Waals surface area contributed by atoms with E-state index in [2.05, 4.69) is 20.0 Å². The fourth-order valence-corrected chi connectivity index (χ4v) is 6.75. The van der Waals surface area contributed by atoms with Crippen molar-refractivity contribution in [3.05, 3.63) is 0 Å². The van der Waals surface area contributed by atoms with Crippen LogP contribution in [0, 0.1) is 11.8 Å². The number of amides is 2. The summed E-state index contributed by atoms with van der Waals surface area (Å²) in [5.74, 6) is 1.86. The first kappa shape index (κ1) is 12.3. The van der Waals surface area contributed by atoms with Gasteiger partial charge in [-0.15, -0.1) is 0 Å². The summed E-state index contributed by atoms with van der Waals surface area (Å²) in [6.07, 6.45) is 5.60. The third-order valence-corrected chi connectivity index (χ3v) is 7.20. The lowest BCUT2D eigenvalue weighted by Crippen LogP contribution is -2.56. The van der Waals surface area contributed by atoms with Crippen LogP contribution in [0.5, 0.6) is 0 Å². The van der Waals surface area contributed by atoms with E-state index in [-0.39, 0.29) is 0 Å². The van der Waals surface area contributed by atoms with Crippen LogP contribution in [-0.2, 0) is 9.59 Å². The molecule has 0 unspecified atom stereocenters. The molecule has 6 fully saturated rings. The molecule has 4 saturated heterocycles. The van der Waals surface area contributed by atoms with Gasteiger partial charge in [0.25, 0.3) is 0 Å². The van der Waals surface area contributed by atoms with E-state index in [0.717, 1.165) is 38.8 Å². The summed E-state index contributed by atoms with van der Waals surface area (Å²) < 4.78 is 0. The summed E-state index contributed by atoms with van der Waals surface area (Å²) in [6, 6.07) is 1.84. The molecule has 6 heteroatoms. The first-order valence-electron chi connectivity index (χ1n) is 8.93. The maximum absolute atomic E-state index is 12.4. The van der Waals surface area contributed by atoms with Crippen LogP contribution in [0.1, 0.15) is 38.5 Å². The van der Waals surface area contributed by atoms with Crippen molar-refractivity contribution in [3.8, 4) is 0 Å². The predicted octanol–water partition coefficient (Wildman–Crippen LogP) is 0.207. The van der Waals surface area contributed by atoms with E-state index in [1.165, 1.54) is 0 Å². The molecule has 4 heterocycles. The Balaban J connectivity index is 1.42. The Labute approximate surface area is 129 Å². The quantitative estimate of drug-likeness (QED) is 0.642. The number of hydrogen-bond donors (Lipinski definition) is 0. The number of nitrogens with zero attached hydrogens (tertiary/aromatic N) is 4. The van der Waals surface area contributed by atoms with Gasteiger partial charge >= 0.3 is 0 Å². The van der Waals surface area contributed by atoms with E-state index in [4.69, 9.17) is 0 Å². The molecule has 6 atom stereocenters. The highest BCUT2D eigenvalue weighted by molar-refractivity contribution is 5.78. The maximum atomic E-state index is 12.4. The molecular weight excluding hydrogens is 280 g/mol. The van der Waals surface area contributed by atoms with Crippen molar-refractivity contribution in [3.63, 3.8) is 0 Å². The molecule has 0 bridgehead atoms. The topological polar surface area (TPSA) is 47.1 Å². The van der Waals surface area contributed by atoms with Crippen LogP contribution in [-0.4, -0.2) is 69.1 Å². The van der Waals surface area contributed by atoms with E-state index < -0.39 is 0 Å². The lowest BCUT2D eigenvalue weighted by molar-refractivity contribution is -0.164. The second-order valence-corrected chi connectivity index (χ2v) is 7.91. The van der Waals surface area contributed by atoms with Crippen molar-refractivity contribution < 1.29 is 9.59 Å². The first-order chi connectivity index (χ1) is 10.8. The van der Waals surface area contributed by atoms with Gasteiger partial charge in [0.2, 0.25) is 11.8 Å². The maximum Gasteiger partial charge on any atom is 0.237 e. The van der Waals surface area contributed by atoms with Crippen molar-refractivity contribution in [2.45, 2.75) is 62.7 Å². The molecule has 0 aromatic carbocycles. The van der Waals surface area contributed by atoms with E-state index in [9.17, 15) is 9.59 Å². The fourth-order valence-electron chi connectivity index (χ4n) is 6.75. The molecule has 0 aromatic rings. The molecule has 6 aliphatic rings. The van der Waals surface area contributed by atoms with Gasteiger partial charge in [-0.25, -0.2) is 10.0 Å². The molecule has 118 valence electrons. The molecule has 2 saturated carbocycles. The fraction of sp³-hybridized carbons (Fsp3) is 0.875. The largest absolute Gasteiger partial charge is 0.273 e. The van der Waals surface area contributed by atoms with Crippen LogP contribution in [0.3, 0.4) is 0 Å². The van der Waals surface area contributed by atoms with Crippen LogP contribution in [0.25, 0.3) is 0 Å². The Morgan fingerprint density at radius 3 is 1.64 bits per heavy atom. The number of carbonyl (C=O) groups is 2. The highest BCUT2D eigenvalue weighted by Crippen LogP contribution is 2.60. The Morgan fingerprint density at radius 1 is 0.682 bits per heavy atom. The van der Waals surface area contributed by atoms with E-state index in [1.54, 1.807) is 0 Å². The van der Waals surface area contributed by atoms with Crippen LogP contribution in [0.15, 0.2) is 0 Å². The third-order valence-electron chi connectivity index (χ3n) is 7.20. The average Bonchev–Trinajstić information content (AvgIpc) is 3.19. The molecule has 0 radical (unpaired) electrons. The SMILES string of the molecule is O=C1CCCN2[C@H]3C[C@@H]4[C@@H]5[C@H]3[C@@H](C[C@@H]5N3C(=O)CCCN43)N12. The van der Waals surface area contributed by atoms with Crippen LogP contribution in [0.4, 0.5) is 0 Å². The van der Waals surface area contributed by atoms with Gasteiger partial charge in [0, 0.05) is 49.9 Å². The predicted molar refractivity (Wildman–Crippen MR) is 76.9 cm³/mol. The Bertz CT molecular complexity index is 532. The summed E-state index contributed by atoms with van der Waals surface area (Å²) in [7, 11) is 0. The van der Waals surface area contributed by atoms with Crippen LogP contribution >= 0.6 is 0 Å². The zero-order valence-electron chi connectivity index (χ0n) is 12.7. The zero-order valence-corrected chi connectivity index (χ0v) is 12.7. The molecule has 0 spiro atoms. The van der Waals surface area contributed by atoms with Gasteiger partial charge in [0.15, 0.2) is 0 Å². The van der Waals surface area contributed by atoms with Gasteiger partial charge in [-0.3, -0.25) is 19.6 Å². The third kappa shape index (κ3) is 1.20. The molecule has 6 nitrogen and oxygen atoms in total. The Morgan fingerprint density at radius 2 is 1.14 bits per heavy atom. The van der Waals surface area contributed by atoms with E-state index in [0.29, 0.717) is 60.7 Å². The van der Waals surface area contributed by atoms with Crippen molar-refractivity contribution in [2.24, 2.45) is 11.8 Å². The van der Waals surface area contributed by atoms with Crippen molar-refractivity contribution in [1.29, 1.82) is 0 Å². The number of carbonyl (C=O) groups excluding carboxylic acids is 2. The van der Waals surface area contributed by atoms with E-state index >= 15 is 0 Å². The highest BCUT2D eigenvalue weighted by Gasteiger charge is 2.70. The smallest absolute Gasteiger partial charge is 0.237 e. The Hall–Kier alpha value is -1.14. The minimum absolute atomic E-state index is 0.323. The number of hydrazine groups is 2. The molecular formula is C16H22N4O2. The lowest BCUT2D eigenvalue weighted by Gasteiger charge is -2.43. The van der Waals surface area contributed by atoms with Gasteiger partial charge in [-0.1, -0.05) is 0 Å². The lowest BCUT2D eigenvalue weighted by atomic mass is 9.93. The second kappa shape index (κ2) is 3.85. The summed E-state index contributed by atoms with van der Waals surface area (Å²) in [5, 5.41) is 9.05. The van der Waals surface area contributed by atoms with Crippen molar-refractivity contribution in [2.75, 3.05) is 13.1 Å². The van der Waals surface area contributed by atoms with E-state index in [1.807, 2.05) is 0 Å². The van der Waals surface area contributed by atoms with Gasteiger partial charge in [-0.2, -0.15) is 0 Å². The van der Waals surface area contributed by atoms with Gasteiger partial charge in [0.05, 0.1) is 12.1 Å². The monoisotopic (exact) mass is 302 g/mol. The second-order valence-electron chi connectivity index (χ2n) is 7.91. The Kier molecular flexibility index (Phi) is 2.15. The van der Waals surface area contributed by atoms with Gasteiger partial charge in [-0.05, 0) is 25.7 Å². The minimum atomic E-state index is 0.323. The van der Waals surface area contributed by atoms with Crippen molar-refractivity contribution in [1.82, 2.24) is 20.0 Å². The first-order valence-corrected chi connectivity index (χ1v) is 8.93. The van der Waals surface area contributed by atoms with Gasteiger partial charge < -0.3 is 0 Å². The molecule has 2 aliphatic carbocycles. The molecule has 0 aromatic heterocycles. The average molecular weight is 302 g/mol. The standard InChI is InChI=1S/C16H22N4O2/c21-13-3-1-5-17-9-7-10-16-12(8-11(15(9)16)19(13)17)20-14(22)4-2-6-18(10)20/h9-12,15-16H,1-8H2/t9-,10+,11+,12-,15+,16-. The van der Waals surface area contributed by atoms with Crippen LogP contribution < -0.4 is 0 Å². The summed E-state index contributed by atoms with van der Waals surface area (Å²) >= 11 is 0. The minimum Gasteiger partial charge on any atom is -0.273 e. The number of fused-ring (bicyclic) bond motifs is 6. The zero-order chi connectivity index (χ0) is 14.6. The molecule has 2 amide bonds. The molecule has 4 aliphatic heterocycles. The number of hydrogen-bond acceptors (Lipinski definition) is 4.